The fraction of sp³-hybridized carbons (Fsp3) is 0.727. The topological polar surface area (TPSA) is 29.1 Å². The van der Waals surface area contributed by atoms with Gasteiger partial charge in [-0.15, -0.1) is 0 Å². The lowest BCUT2D eigenvalue weighted by molar-refractivity contribution is -0.125. The molecule has 0 aromatic heterocycles. The number of nitrogens with one attached hydrogen (secondary N) is 1. The van der Waals surface area contributed by atoms with E-state index in [2.05, 4.69) is 11.9 Å². The summed E-state index contributed by atoms with van der Waals surface area (Å²) in [5, 5.41) is 3.07. The van der Waals surface area contributed by atoms with Gasteiger partial charge in [-0.3, -0.25) is 4.79 Å². The van der Waals surface area contributed by atoms with Crippen LogP contribution in [0.25, 0.3) is 0 Å². The number of hydrogen-bond donors (Lipinski definition) is 1. The molecule has 0 radical (unpaired) electrons. The minimum atomic E-state index is 0.270. The molecule has 2 fully saturated rings. The van der Waals surface area contributed by atoms with Crippen LogP contribution in [-0.2, 0) is 4.79 Å². The van der Waals surface area contributed by atoms with Gasteiger partial charge >= 0.3 is 0 Å². The summed E-state index contributed by atoms with van der Waals surface area (Å²) in [7, 11) is 0. The minimum Gasteiger partial charge on any atom is -0.353 e. The third kappa shape index (κ3) is 2.33. The van der Waals surface area contributed by atoms with Crippen LogP contribution in [0.2, 0.25) is 0 Å². The zero-order valence-electron chi connectivity index (χ0n) is 8.01. The highest BCUT2D eigenvalue weighted by atomic mass is 16.2. The fourth-order valence-corrected chi connectivity index (χ4v) is 1.83. The predicted molar refractivity (Wildman–Crippen MR) is 52.3 cm³/mol. The number of carbonyl (C=O) groups is 1. The summed E-state index contributed by atoms with van der Waals surface area (Å²) in [4.78, 5) is 11.6. The van der Waals surface area contributed by atoms with Gasteiger partial charge in [0, 0.05) is 12.0 Å². The molecule has 0 aromatic rings. The Morgan fingerprint density at radius 3 is 2.38 bits per heavy atom. The van der Waals surface area contributed by atoms with E-state index in [1.165, 1.54) is 18.4 Å². The van der Waals surface area contributed by atoms with Gasteiger partial charge in [-0.05, 0) is 38.5 Å². The van der Waals surface area contributed by atoms with Crippen molar-refractivity contribution in [2.45, 2.75) is 44.6 Å². The highest BCUT2D eigenvalue weighted by Gasteiger charge is 2.28. The summed E-state index contributed by atoms with van der Waals surface area (Å²) in [5.74, 6) is 0.557. The van der Waals surface area contributed by atoms with E-state index in [1.807, 2.05) is 0 Å². The zero-order chi connectivity index (χ0) is 9.26. The summed E-state index contributed by atoms with van der Waals surface area (Å²) in [5.41, 5.74) is 1.32. The minimum absolute atomic E-state index is 0.270. The molecule has 0 spiro atoms. The van der Waals surface area contributed by atoms with Crippen LogP contribution >= 0.6 is 0 Å². The average molecular weight is 179 g/mol. The first-order valence-corrected chi connectivity index (χ1v) is 5.23. The van der Waals surface area contributed by atoms with Gasteiger partial charge in [-0.1, -0.05) is 12.2 Å². The van der Waals surface area contributed by atoms with Gasteiger partial charge in [-0.25, -0.2) is 0 Å². The normalized spacial score (nSPS) is 24.5. The van der Waals surface area contributed by atoms with E-state index in [1.54, 1.807) is 0 Å². The Balaban J connectivity index is 1.78. The van der Waals surface area contributed by atoms with Crippen molar-refractivity contribution in [1.82, 2.24) is 5.32 Å². The Kier molecular flexibility index (Phi) is 2.38. The van der Waals surface area contributed by atoms with Crippen molar-refractivity contribution in [3.05, 3.63) is 12.2 Å². The third-order valence-electron chi connectivity index (χ3n) is 2.99. The van der Waals surface area contributed by atoms with Crippen molar-refractivity contribution in [2.24, 2.45) is 5.92 Å². The maximum atomic E-state index is 11.6. The number of hydrogen-bond acceptors (Lipinski definition) is 1. The van der Waals surface area contributed by atoms with Gasteiger partial charge in [0.15, 0.2) is 0 Å². The van der Waals surface area contributed by atoms with E-state index < -0.39 is 0 Å². The molecule has 0 heterocycles. The molecule has 13 heavy (non-hydrogen) atoms. The second-order valence-electron chi connectivity index (χ2n) is 4.31. The number of rotatable bonds is 2. The van der Waals surface area contributed by atoms with E-state index in [-0.39, 0.29) is 11.8 Å². The standard InChI is InChI=1S/C11H17NO/c1-8-2-4-9(5-3-8)11(13)12-10-6-7-10/h9-10H,1-7H2,(H,12,13). The van der Waals surface area contributed by atoms with Gasteiger partial charge in [0.05, 0.1) is 0 Å². The molecule has 0 aromatic carbocycles. The van der Waals surface area contributed by atoms with Crippen LogP contribution in [0.1, 0.15) is 38.5 Å². The van der Waals surface area contributed by atoms with Crippen molar-refractivity contribution < 1.29 is 4.79 Å². The molecule has 1 amide bonds. The van der Waals surface area contributed by atoms with Gasteiger partial charge in [0.2, 0.25) is 5.91 Å². The van der Waals surface area contributed by atoms with E-state index in [0.29, 0.717) is 6.04 Å². The maximum absolute atomic E-state index is 11.6. The Morgan fingerprint density at radius 2 is 1.85 bits per heavy atom. The first-order chi connectivity index (χ1) is 6.25. The van der Waals surface area contributed by atoms with Crippen molar-refractivity contribution >= 4 is 5.91 Å². The molecule has 72 valence electrons. The van der Waals surface area contributed by atoms with E-state index in [9.17, 15) is 4.79 Å². The van der Waals surface area contributed by atoms with Crippen LogP contribution in [0.4, 0.5) is 0 Å². The summed E-state index contributed by atoms with van der Waals surface area (Å²) in [6.07, 6.45) is 6.48. The Labute approximate surface area is 79.4 Å². The molecule has 0 atom stereocenters. The molecule has 2 nitrogen and oxygen atoms in total. The molecule has 2 aliphatic rings. The van der Waals surface area contributed by atoms with Crippen molar-refractivity contribution in [1.29, 1.82) is 0 Å². The fourth-order valence-electron chi connectivity index (χ4n) is 1.83. The molecular formula is C11H17NO. The first kappa shape index (κ1) is 8.79. The summed E-state index contributed by atoms with van der Waals surface area (Å²) < 4.78 is 0. The quantitative estimate of drug-likeness (QED) is 0.645. The zero-order valence-corrected chi connectivity index (χ0v) is 8.01. The molecule has 0 aliphatic heterocycles. The third-order valence-corrected chi connectivity index (χ3v) is 2.99. The average Bonchev–Trinajstić information content (AvgIpc) is 2.89. The predicted octanol–water partition coefficient (Wildman–Crippen LogP) is 2.01. The molecule has 0 saturated heterocycles. The monoisotopic (exact) mass is 179 g/mol. The van der Waals surface area contributed by atoms with Crippen LogP contribution in [-0.4, -0.2) is 11.9 Å². The van der Waals surface area contributed by atoms with Crippen LogP contribution < -0.4 is 5.32 Å². The van der Waals surface area contributed by atoms with E-state index in [4.69, 9.17) is 0 Å². The van der Waals surface area contributed by atoms with Crippen LogP contribution in [0.15, 0.2) is 12.2 Å². The van der Waals surface area contributed by atoms with Gasteiger partial charge in [0.25, 0.3) is 0 Å². The Bertz CT molecular complexity index is 220. The maximum Gasteiger partial charge on any atom is 0.223 e. The molecule has 1 N–H and O–H groups in total. The number of allylic oxidation sites excluding steroid dienone is 1. The van der Waals surface area contributed by atoms with Gasteiger partial charge in [-0.2, -0.15) is 0 Å². The van der Waals surface area contributed by atoms with Crippen LogP contribution in [0, 0.1) is 5.92 Å². The second-order valence-corrected chi connectivity index (χ2v) is 4.31. The highest BCUT2D eigenvalue weighted by Crippen LogP contribution is 2.28. The smallest absolute Gasteiger partial charge is 0.223 e. The van der Waals surface area contributed by atoms with Gasteiger partial charge in [0.1, 0.15) is 0 Å². The first-order valence-electron chi connectivity index (χ1n) is 5.23. The molecule has 0 bridgehead atoms. The second kappa shape index (κ2) is 3.52. The lowest BCUT2D eigenvalue weighted by Crippen LogP contribution is -2.33. The summed E-state index contributed by atoms with van der Waals surface area (Å²) in [6, 6.07) is 0.512. The van der Waals surface area contributed by atoms with E-state index in [0.717, 1.165) is 25.7 Å². The van der Waals surface area contributed by atoms with Crippen LogP contribution in [0.5, 0.6) is 0 Å². The Morgan fingerprint density at radius 1 is 1.23 bits per heavy atom. The molecule has 2 rings (SSSR count). The number of carbonyl (C=O) groups excluding carboxylic acids is 1. The number of amides is 1. The lowest BCUT2D eigenvalue weighted by Gasteiger charge is -2.22. The summed E-state index contributed by atoms with van der Waals surface area (Å²) in [6.45, 7) is 3.95. The molecule has 0 unspecified atom stereocenters. The molecule has 2 aliphatic carbocycles. The summed E-state index contributed by atoms with van der Waals surface area (Å²) >= 11 is 0. The van der Waals surface area contributed by atoms with Crippen molar-refractivity contribution in [3.63, 3.8) is 0 Å². The lowest BCUT2D eigenvalue weighted by atomic mass is 9.86. The molecule has 2 heteroatoms. The highest BCUT2D eigenvalue weighted by molar-refractivity contribution is 5.79. The molecular weight excluding hydrogens is 162 g/mol. The van der Waals surface area contributed by atoms with Gasteiger partial charge < -0.3 is 5.32 Å². The SMILES string of the molecule is C=C1CCC(C(=O)NC2CC2)CC1. The van der Waals surface area contributed by atoms with Crippen molar-refractivity contribution in [3.8, 4) is 0 Å². The molecule has 2 saturated carbocycles. The largest absolute Gasteiger partial charge is 0.353 e. The van der Waals surface area contributed by atoms with E-state index >= 15 is 0 Å². The van der Waals surface area contributed by atoms with Crippen LogP contribution in [0.3, 0.4) is 0 Å². The van der Waals surface area contributed by atoms with Crippen molar-refractivity contribution in [2.75, 3.05) is 0 Å². The Hall–Kier alpha value is -0.790.